The first-order chi connectivity index (χ1) is 8.38. The van der Waals surface area contributed by atoms with Gasteiger partial charge in [0.1, 0.15) is 11.8 Å². The average molecular weight is 224 g/mol. The van der Waals surface area contributed by atoms with E-state index in [-0.39, 0.29) is 0 Å². The Morgan fingerprint density at radius 3 is 3.29 bits per heavy atom. The molecule has 0 bridgehead atoms. The predicted octanol–water partition coefficient (Wildman–Crippen LogP) is 2.08. The van der Waals surface area contributed by atoms with Gasteiger partial charge in [-0.2, -0.15) is 5.26 Å². The molecule has 2 aromatic heterocycles. The SMILES string of the molecule is N#Cc1cc(C2CCCc3cncn32)ccn1. The van der Waals surface area contributed by atoms with Crippen LogP contribution in [0.25, 0.3) is 0 Å². The number of aryl methyl sites for hydroxylation is 1. The molecular weight excluding hydrogens is 212 g/mol. The molecule has 4 heteroatoms. The molecule has 2 aromatic rings. The number of aromatic nitrogens is 3. The molecule has 0 amide bonds. The van der Waals surface area contributed by atoms with Crippen LogP contribution in [-0.2, 0) is 6.42 Å². The first-order valence-corrected chi connectivity index (χ1v) is 5.75. The number of nitrogens with zero attached hydrogens (tertiary/aromatic N) is 4. The van der Waals surface area contributed by atoms with Gasteiger partial charge in [-0.05, 0) is 37.0 Å². The highest BCUT2D eigenvalue weighted by Gasteiger charge is 2.21. The molecule has 3 rings (SSSR count). The van der Waals surface area contributed by atoms with Crippen LogP contribution < -0.4 is 0 Å². The van der Waals surface area contributed by atoms with E-state index in [0.717, 1.165) is 18.4 Å². The van der Waals surface area contributed by atoms with Gasteiger partial charge in [0.05, 0.1) is 12.4 Å². The van der Waals surface area contributed by atoms with Crippen LogP contribution in [0.3, 0.4) is 0 Å². The van der Waals surface area contributed by atoms with Gasteiger partial charge in [0.25, 0.3) is 0 Å². The van der Waals surface area contributed by atoms with E-state index in [1.807, 2.05) is 24.7 Å². The minimum atomic E-state index is 0.302. The molecule has 1 aliphatic rings. The summed E-state index contributed by atoms with van der Waals surface area (Å²) < 4.78 is 2.21. The Labute approximate surface area is 99.6 Å². The summed E-state index contributed by atoms with van der Waals surface area (Å²) in [5.74, 6) is 0. The van der Waals surface area contributed by atoms with Crippen molar-refractivity contribution in [1.29, 1.82) is 5.26 Å². The quantitative estimate of drug-likeness (QED) is 0.745. The Morgan fingerprint density at radius 2 is 2.41 bits per heavy atom. The fourth-order valence-electron chi connectivity index (χ4n) is 2.46. The van der Waals surface area contributed by atoms with E-state index >= 15 is 0 Å². The molecule has 0 N–H and O–H groups in total. The second kappa shape index (κ2) is 4.02. The molecule has 17 heavy (non-hydrogen) atoms. The fourth-order valence-corrected chi connectivity index (χ4v) is 2.46. The molecule has 84 valence electrons. The summed E-state index contributed by atoms with van der Waals surface area (Å²) in [6, 6.07) is 6.25. The third kappa shape index (κ3) is 1.70. The minimum Gasteiger partial charge on any atom is -0.327 e. The normalized spacial score (nSPS) is 18.4. The van der Waals surface area contributed by atoms with E-state index in [1.54, 1.807) is 6.20 Å². The van der Waals surface area contributed by atoms with Gasteiger partial charge >= 0.3 is 0 Å². The van der Waals surface area contributed by atoms with Gasteiger partial charge in [-0.15, -0.1) is 0 Å². The third-order valence-corrected chi connectivity index (χ3v) is 3.28. The van der Waals surface area contributed by atoms with Crippen LogP contribution in [0.4, 0.5) is 0 Å². The monoisotopic (exact) mass is 224 g/mol. The zero-order chi connectivity index (χ0) is 11.7. The average Bonchev–Trinajstić information content (AvgIpc) is 2.87. The smallest absolute Gasteiger partial charge is 0.140 e. The van der Waals surface area contributed by atoms with E-state index in [4.69, 9.17) is 5.26 Å². The van der Waals surface area contributed by atoms with Crippen LogP contribution in [0.2, 0.25) is 0 Å². The van der Waals surface area contributed by atoms with Gasteiger partial charge in [-0.25, -0.2) is 9.97 Å². The van der Waals surface area contributed by atoms with Crippen molar-refractivity contribution in [3.8, 4) is 6.07 Å². The lowest BCUT2D eigenvalue weighted by atomic mass is 9.96. The number of rotatable bonds is 1. The molecule has 4 nitrogen and oxygen atoms in total. The molecular formula is C13H12N4. The summed E-state index contributed by atoms with van der Waals surface area (Å²) in [5, 5.41) is 8.88. The summed E-state index contributed by atoms with van der Waals surface area (Å²) >= 11 is 0. The van der Waals surface area contributed by atoms with Crippen LogP contribution >= 0.6 is 0 Å². The molecule has 1 unspecified atom stereocenters. The summed E-state index contributed by atoms with van der Waals surface area (Å²) in [5.41, 5.74) is 2.90. The lowest BCUT2D eigenvalue weighted by Gasteiger charge is -2.25. The summed E-state index contributed by atoms with van der Waals surface area (Å²) in [6.45, 7) is 0. The molecule has 0 spiro atoms. The minimum absolute atomic E-state index is 0.302. The second-order valence-electron chi connectivity index (χ2n) is 4.29. The maximum atomic E-state index is 8.88. The van der Waals surface area contributed by atoms with Crippen LogP contribution in [0.5, 0.6) is 0 Å². The number of fused-ring (bicyclic) bond motifs is 1. The van der Waals surface area contributed by atoms with Crippen molar-refractivity contribution >= 4 is 0 Å². The topological polar surface area (TPSA) is 54.5 Å². The zero-order valence-electron chi connectivity index (χ0n) is 9.37. The number of nitriles is 1. The second-order valence-corrected chi connectivity index (χ2v) is 4.29. The molecule has 3 heterocycles. The maximum Gasteiger partial charge on any atom is 0.140 e. The van der Waals surface area contributed by atoms with E-state index in [9.17, 15) is 0 Å². The van der Waals surface area contributed by atoms with Crippen molar-refractivity contribution in [3.63, 3.8) is 0 Å². The van der Waals surface area contributed by atoms with E-state index < -0.39 is 0 Å². The van der Waals surface area contributed by atoms with Gasteiger partial charge in [0.2, 0.25) is 0 Å². The Morgan fingerprint density at radius 1 is 1.47 bits per heavy atom. The number of imidazole rings is 1. The van der Waals surface area contributed by atoms with E-state index in [2.05, 4.69) is 20.6 Å². The lowest BCUT2D eigenvalue weighted by Crippen LogP contribution is -2.17. The summed E-state index contributed by atoms with van der Waals surface area (Å²) in [6.07, 6.45) is 8.87. The highest BCUT2D eigenvalue weighted by Crippen LogP contribution is 2.30. The molecule has 0 fully saturated rings. The Kier molecular flexibility index (Phi) is 2.37. The maximum absolute atomic E-state index is 8.88. The Hall–Kier alpha value is -2.15. The molecule has 0 aliphatic carbocycles. The van der Waals surface area contributed by atoms with Crippen molar-refractivity contribution in [2.75, 3.05) is 0 Å². The molecule has 0 saturated carbocycles. The predicted molar refractivity (Wildman–Crippen MR) is 62.3 cm³/mol. The standard InChI is InChI=1S/C13H12N4/c14-7-11-6-10(4-5-16-11)13-3-1-2-12-8-15-9-17(12)13/h4-6,8-9,13H,1-3H2. The van der Waals surface area contributed by atoms with Gasteiger partial charge in [-0.1, -0.05) is 0 Å². The molecule has 0 radical (unpaired) electrons. The Balaban J connectivity index is 2.04. The van der Waals surface area contributed by atoms with Gasteiger partial charge in [0, 0.05) is 18.1 Å². The molecule has 1 aliphatic heterocycles. The fraction of sp³-hybridized carbons (Fsp3) is 0.308. The van der Waals surface area contributed by atoms with Gasteiger partial charge < -0.3 is 4.57 Å². The molecule has 1 atom stereocenters. The summed E-state index contributed by atoms with van der Waals surface area (Å²) in [4.78, 5) is 8.21. The number of hydrogen-bond acceptors (Lipinski definition) is 3. The van der Waals surface area contributed by atoms with Crippen LogP contribution in [0.1, 0.15) is 35.8 Å². The number of pyridine rings is 1. The first kappa shape index (κ1) is 10.0. The van der Waals surface area contributed by atoms with Crippen LogP contribution in [0, 0.1) is 11.3 Å². The van der Waals surface area contributed by atoms with Gasteiger partial charge in [-0.3, -0.25) is 0 Å². The lowest BCUT2D eigenvalue weighted by molar-refractivity contribution is 0.457. The van der Waals surface area contributed by atoms with Crippen molar-refractivity contribution in [1.82, 2.24) is 14.5 Å². The summed E-state index contributed by atoms with van der Waals surface area (Å²) in [7, 11) is 0. The van der Waals surface area contributed by atoms with Crippen molar-refractivity contribution in [2.45, 2.75) is 25.3 Å². The van der Waals surface area contributed by atoms with Crippen LogP contribution in [0.15, 0.2) is 30.9 Å². The highest BCUT2D eigenvalue weighted by molar-refractivity contribution is 5.29. The molecule has 0 saturated heterocycles. The van der Waals surface area contributed by atoms with Crippen molar-refractivity contribution < 1.29 is 0 Å². The van der Waals surface area contributed by atoms with Crippen molar-refractivity contribution in [2.24, 2.45) is 0 Å². The largest absolute Gasteiger partial charge is 0.327 e. The Bertz CT molecular complexity index is 579. The number of hydrogen-bond donors (Lipinski definition) is 0. The van der Waals surface area contributed by atoms with E-state index in [1.165, 1.54) is 12.1 Å². The van der Waals surface area contributed by atoms with Gasteiger partial charge in [0.15, 0.2) is 0 Å². The first-order valence-electron chi connectivity index (χ1n) is 5.75. The van der Waals surface area contributed by atoms with E-state index in [0.29, 0.717) is 11.7 Å². The van der Waals surface area contributed by atoms with Crippen molar-refractivity contribution in [3.05, 3.63) is 47.8 Å². The zero-order valence-corrected chi connectivity index (χ0v) is 9.37. The third-order valence-electron chi connectivity index (χ3n) is 3.28. The molecule has 0 aromatic carbocycles. The highest BCUT2D eigenvalue weighted by atomic mass is 15.1. The van der Waals surface area contributed by atoms with Crippen LogP contribution in [-0.4, -0.2) is 14.5 Å².